The molecule has 0 radical (unpaired) electrons. The standard InChI is InChI=1S/C25H18Cl2N4O/c26-20-11-10-18(23(27)12-20)15-31-16-19(21-8-4-5-9-24(21)31)14-29-30-25(32)22(13-28)17-6-2-1-3-7-17/h1-12,14,16,22H,15H2,(H,30,32)/b29-14-/t22-/m0/s1. The summed E-state index contributed by atoms with van der Waals surface area (Å²) in [6.07, 6.45) is 3.53. The molecule has 3 aromatic carbocycles. The summed E-state index contributed by atoms with van der Waals surface area (Å²) in [5.41, 5.74) is 5.88. The lowest BCUT2D eigenvalue weighted by Gasteiger charge is -2.08. The Hall–Kier alpha value is -3.59. The molecule has 1 aromatic heterocycles. The van der Waals surface area contributed by atoms with Crippen LogP contribution in [0.25, 0.3) is 10.9 Å². The summed E-state index contributed by atoms with van der Waals surface area (Å²) >= 11 is 12.4. The van der Waals surface area contributed by atoms with Crippen LogP contribution in [0.1, 0.15) is 22.6 Å². The van der Waals surface area contributed by atoms with Crippen LogP contribution in [0.3, 0.4) is 0 Å². The van der Waals surface area contributed by atoms with Crippen LogP contribution in [-0.4, -0.2) is 16.7 Å². The van der Waals surface area contributed by atoms with Crippen molar-refractivity contribution in [3.05, 3.63) is 106 Å². The number of amides is 1. The normalized spacial score (nSPS) is 12.0. The lowest BCUT2D eigenvalue weighted by atomic mass is 10.0. The second-order valence-electron chi connectivity index (χ2n) is 7.17. The maximum absolute atomic E-state index is 12.5. The molecule has 4 rings (SSSR count). The van der Waals surface area contributed by atoms with Crippen LogP contribution < -0.4 is 5.43 Å². The minimum atomic E-state index is -0.929. The van der Waals surface area contributed by atoms with Gasteiger partial charge in [-0.2, -0.15) is 10.4 Å². The number of carbonyl (C=O) groups excluding carboxylic acids is 1. The molecular formula is C25H18Cl2N4O. The van der Waals surface area contributed by atoms with Crippen LogP contribution in [0.5, 0.6) is 0 Å². The maximum Gasteiger partial charge on any atom is 0.261 e. The predicted octanol–water partition coefficient (Wildman–Crippen LogP) is 5.75. The van der Waals surface area contributed by atoms with E-state index in [9.17, 15) is 10.1 Å². The fourth-order valence-electron chi connectivity index (χ4n) is 3.50. The van der Waals surface area contributed by atoms with E-state index >= 15 is 0 Å². The zero-order valence-electron chi connectivity index (χ0n) is 16.9. The van der Waals surface area contributed by atoms with Gasteiger partial charge in [0, 0.05) is 39.3 Å². The number of carbonyl (C=O) groups is 1. The summed E-state index contributed by atoms with van der Waals surface area (Å²) in [5.74, 6) is -1.41. The minimum absolute atomic E-state index is 0.480. The monoisotopic (exact) mass is 460 g/mol. The first-order chi connectivity index (χ1) is 15.6. The molecule has 0 bridgehead atoms. The number of halogens is 2. The molecule has 4 aromatic rings. The second-order valence-corrected chi connectivity index (χ2v) is 8.02. The molecule has 0 saturated heterocycles. The van der Waals surface area contributed by atoms with Crippen LogP contribution in [0.15, 0.2) is 84.1 Å². The third-order valence-corrected chi connectivity index (χ3v) is 5.66. The summed E-state index contributed by atoms with van der Waals surface area (Å²) in [6.45, 7) is 0.557. The third-order valence-electron chi connectivity index (χ3n) is 5.08. The number of hydrazone groups is 1. The summed E-state index contributed by atoms with van der Waals surface area (Å²) in [4.78, 5) is 12.5. The first-order valence-corrected chi connectivity index (χ1v) is 10.6. The van der Waals surface area contributed by atoms with Gasteiger partial charge in [-0.25, -0.2) is 5.43 Å². The van der Waals surface area contributed by atoms with E-state index in [0.29, 0.717) is 22.2 Å². The van der Waals surface area contributed by atoms with Crippen LogP contribution in [0.4, 0.5) is 0 Å². The van der Waals surface area contributed by atoms with Gasteiger partial charge in [0.1, 0.15) is 0 Å². The van der Waals surface area contributed by atoms with Crippen molar-refractivity contribution in [2.24, 2.45) is 5.10 Å². The van der Waals surface area contributed by atoms with Gasteiger partial charge in [0.05, 0.1) is 12.3 Å². The molecule has 0 aliphatic heterocycles. The number of para-hydroxylation sites is 1. The van der Waals surface area contributed by atoms with E-state index in [1.54, 1.807) is 36.5 Å². The van der Waals surface area contributed by atoms with Crippen molar-refractivity contribution >= 4 is 46.2 Å². The first-order valence-electron chi connectivity index (χ1n) is 9.86. The molecule has 1 atom stereocenters. The first kappa shape index (κ1) is 21.6. The van der Waals surface area contributed by atoms with Gasteiger partial charge in [-0.05, 0) is 29.3 Å². The molecule has 7 heteroatoms. The topological polar surface area (TPSA) is 70.2 Å². The Labute approximate surface area is 195 Å². The lowest BCUT2D eigenvalue weighted by Crippen LogP contribution is -2.24. The van der Waals surface area contributed by atoms with Crippen LogP contribution >= 0.6 is 23.2 Å². The van der Waals surface area contributed by atoms with Crippen LogP contribution in [0, 0.1) is 11.3 Å². The van der Waals surface area contributed by atoms with Crippen molar-refractivity contribution in [3.63, 3.8) is 0 Å². The smallest absolute Gasteiger partial charge is 0.261 e. The van der Waals surface area contributed by atoms with Gasteiger partial charge in [0.15, 0.2) is 5.92 Å². The highest BCUT2D eigenvalue weighted by molar-refractivity contribution is 6.35. The second kappa shape index (κ2) is 9.69. The SMILES string of the molecule is N#C[C@H](C(=O)N/N=C\c1cn(Cc2ccc(Cl)cc2Cl)c2ccccc12)c1ccccc1. The molecule has 158 valence electrons. The Morgan fingerprint density at radius 1 is 1.09 bits per heavy atom. The number of nitrogens with zero attached hydrogens (tertiary/aromatic N) is 3. The van der Waals surface area contributed by atoms with E-state index in [-0.39, 0.29) is 0 Å². The number of nitrogens with one attached hydrogen (secondary N) is 1. The maximum atomic E-state index is 12.5. The molecule has 1 heterocycles. The van der Waals surface area contributed by atoms with Crippen molar-refractivity contribution in [2.75, 3.05) is 0 Å². The highest BCUT2D eigenvalue weighted by Crippen LogP contribution is 2.25. The summed E-state index contributed by atoms with van der Waals surface area (Å²) < 4.78 is 2.07. The van der Waals surface area contributed by atoms with Gasteiger partial charge in [-0.1, -0.05) is 77.8 Å². The molecule has 1 N–H and O–H groups in total. The Morgan fingerprint density at radius 3 is 2.59 bits per heavy atom. The Balaban J connectivity index is 1.56. The third kappa shape index (κ3) is 4.67. The molecule has 0 fully saturated rings. The predicted molar refractivity (Wildman–Crippen MR) is 128 cm³/mol. The zero-order valence-corrected chi connectivity index (χ0v) is 18.4. The van der Waals surface area contributed by atoms with Gasteiger partial charge in [0.25, 0.3) is 5.91 Å². The number of hydrogen-bond acceptors (Lipinski definition) is 3. The molecule has 5 nitrogen and oxygen atoms in total. The molecule has 0 aliphatic carbocycles. The highest BCUT2D eigenvalue weighted by Gasteiger charge is 2.19. The molecule has 0 unspecified atom stereocenters. The van der Waals surface area contributed by atoms with Crippen molar-refractivity contribution in [1.82, 2.24) is 9.99 Å². The van der Waals surface area contributed by atoms with Crippen molar-refractivity contribution < 1.29 is 4.79 Å². The number of hydrogen-bond donors (Lipinski definition) is 1. The minimum Gasteiger partial charge on any atom is -0.342 e. The quantitative estimate of drug-likeness (QED) is 0.293. The highest BCUT2D eigenvalue weighted by atomic mass is 35.5. The Kier molecular flexibility index (Phi) is 6.55. The number of benzene rings is 3. The summed E-state index contributed by atoms with van der Waals surface area (Å²) in [6, 6.07) is 24.3. The van der Waals surface area contributed by atoms with E-state index in [1.807, 2.05) is 54.7 Å². The molecular weight excluding hydrogens is 443 g/mol. The van der Waals surface area contributed by atoms with E-state index in [4.69, 9.17) is 23.2 Å². The van der Waals surface area contributed by atoms with E-state index in [2.05, 4.69) is 15.1 Å². The van der Waals surface area contributed by atoms with Crippen LogP contribution in [-0.2, 0) is 11.3 Å². The van der Waals surface area contributed by atoms with Gasteiger partial charge in [0.2, 0.25) is 0 Å². The molecule has 1 amide bonds. The molecule has 0 saturated carbocycles. The van der Waals surface area contributed by atoms with Crippen molar-refractivity contribution in [3.8, 4) is 6.07 Å². The van der Waals surface area contributed by atoms with Crippen molar-refractivity contribution in [2.45, 2.75) is 12.5 Å². The van der Waals surface area contributed by atoms with E-state index in [1.165, 1.54) is 0 Å². The fourth-order valence-corrected chi connectivity index (χ4v) is 3.97. The lowest BCUT2D eigenvalue weighted by molar-refractivity contribution is -0.121. The van der Waals surface area contributed by atoms with E-state index in [0.717, 1.165) is 22.0 Å². The van der Waals surface area contributed by atoms with Crippen LogP contribution in [0.2, 0.25) is 10.0 Å². The number of nitriles is 1. The summed E-state index contributed by atoms with van der Waals surface area (Å²) in [5, 5.41) is 15.7. The Morgan fingerprint density at radius 2 is 1.84 bits per heavy atom. The summed E-state index contributed by atoms with van der Waals surface area (Å²) in [7, 11) is 0. The van der Waals surface area contributed by atoms with Gasteiger partial charge < -0.3 is 4.57 Å². The molecule has 0 spiro atoms. The number of fused-ring (bicyclic) bond motifs is 1. The number of aromatic nitrogens is 1. The van der Waals surface area contributed by atoms with E-state index < -0.39 is 11.8 Å². The Bertz CT molecular complexity index is 1340. The zero-order chi connectivity index (χ0) is 22.5. The largest absolute Gasteiger partial charge is 0.342 e. The average molecular weight is 461 g/mol. The average Bonchev–Trinajstić information content (AvgIpc) is 3.14. The van der Waals surface area contributed by atoms with Gasteiger partial charge >= 0.3 is 0 Å². The number of rotatable bonds is 6. The van der Waals surface area contributed by atoms with Gasteiger partial charge in [-0.15, -0.1) is 0 Å². The van der Waals surface area contributed by atoms with Crippen molar-refractivity contribution in [1.29, 1.82) is 5.26 Å². The molecule has 32 heavy (non-hydrogen) atoms. The fraction of sp³-hybridized carbons (Fsp3) is 0.0800. The van der Waals surface area contributed by atoms with Gasteiger partial charge in [-0.3, -0.25) is 4.79 Å². The molecule has 0 aliphatic rings.